The molecule has 0 aromatic heterocycles. The van der Waals surface area contributed by atoms with Gasteiger partial charge in [-0.3, -0.25) is 4.99 Å². The summed E-state index contributed by atoms with van der Waals surface area (Å²) in [5.74, 6) is 1.82. The number of hydrogen-bond acceptors (Lipinski definition) is 1. The Morgan fingerprint density at radius 1 is 1.12 bits per heavy atom. The lowest BCUT2D eigenvalue weighted by atomic mass is 9.83. The predicted molar refractivity (Wildman–Crippen MR) is 113 cm³/mol. The Morgan fingerprint density at radius 3 is 2.12 bits per heavy atom. The summed E-state index contributed by atoms with van der Waals surface area (Å²) >= 11 is 0. The molecule has 0 heterocycles. The van der Waals surface area contributed by atoms with E-state index in [1.807, 2.05) is 13.0 Å². The number of hydrogen-bond donors (Lipinski definition) is 1. The molecular formula is C23H38N2. The van der Waals surface area contributed by atoms with E-state index in [9.17, 15) is 0 Å². The van der Waals surface area contributed by atoms with Crippen LogP contribution in [0.1, 0.15) is 74.1 Å². The van der Waals surface area contributed by atoms with Crippen LogP contribution in [0.4, 0.5) is 0 Å². The highest BCUT2D eigenvalue weighted by Gasteiger charge is 2.22. The summed E-state index contributed by atoms with van der Waals surface area (Å²) in [6.45, 7) is 23.6. The number of allylic oxidation sites excluding steroid dienone is 4. The Morgan fingerprint density at radius 2 is 1.68 bits per heavy atom. The van der Waals surface area contributed by atoms with Gasteiger partial charge in [-0.15, -0.1) is 0 Å². The molecule has 1 fully saturated rings. The molecule has 0 unspecified atom stereocenters. The molecule has 2 nitrogen and oxygen atoms in total. The third kappa shape index (κ3) is 6.34. The quantitative estimate of drug-likeness (QED) is 0.340. The van der Waals surface area contributed by atoms with Gasteiger partial charge in [0.25, 0.3) is 0 Å². The van der Waals surface area contributed by atoms with Crippen molar-refractivity contribution in [3.05, 3.63) is 47.7 Å². The van der Waals surface area contributed by atoms with Crippen molar-refractivity contribution in [3.8, 4) is 0 Å². The van der Waals surface area contributed by atoms with Crippen molar-refractivity contribution in [2.75, 3.05) is 0 Å². The van der Waals surface area contributed by atoms with E-state index in [1.165, 1.54) is 36.8 Å². The average Bonchev–Trinajstić information content (AvgIpc) is 2.54. The summed E-state index contributed by atoms with van der Waals surface area (Å²) in [5, 5.41) is 3.57. The summed E-state index contributed by atoms with van der Waals surface area (Å²) < 4.78 is 0. The summed E-state index contributed by atoms with van der Waals surface area (Å²) in [6.07, 6.45) is 9.01. The average molecular weight is 343 g/mol. The van der Waals surface area contributed by atoms with E-state index in [4.69, 9.17) is 4.99 Å². The van der Waals surface area contributed by atoms with Crippen LogP contribution in [0.5, 0.6) is 0 Å². The third-order valence-corrected chi connectivity index (χ3v) is 5.16. The minimum absolute atomic E-state index is 0.0123. The maximum atomic E-state index is 4.95. The van der Waals surface area contributed by atoms with Crippen molar-refractivity contribution in [1.29, 1.82) is 0 Å². The molecule has 1 N–H and O–H groups in total. The normalized spacial score (nSPS) is 23.8. The van der Waals surface area contributed by atoms with Gasteiger partial charge in [-0.1, -0.05) is 53.0 Å². The zero-order chi connectivity index (χ0) is 19.2. The molecule has 0 atom stereocenters. The largest absolute Gasteiger partial charge is 0.344 e. The van der Waals surface area contributed by atoms with Gasteiger partial charge in [0.05, 0.1) is 17.6 Å². The fourth-order valence-corrected chi connectivity index (χ4v) is 3.32. The van der Waals surface area contributed by atoms with Gasteiger partial charge < -0.3 is 5.32 Å². The lowest BCUT2D eigenvalue weighted by Crippen LogP contribution is -2.28. The third-order valence-electron chi connectivity index (χ3n) is 5.16. The lowest BCUT2D eigenvalue weighted by Gasteiger charge is -2.28. The highest BCUT2D eigenvalue weighted by atomic mass is 15.0. The number of aliphatic imine (C=N–C) groups is 1. The molecule has 2 heteroatoms. The van der Waals surface area contributed by atoms with Gasteiger partial charge in [0, 0.05) is 0 Å². The van der Waals surface area contributed by atoms with Crippen LogP contribution in [-0.2, 0) is 0 Å². The lowest BCUT2D eigenvalue weighted by molar-refractivity contribution is 0.349. The zero-order valence-electron chi connectivity index (χ0n) is 17.5. The van der Waals surface area contributed by atoms with Gasteiger partial charge in [-0.2, -0.15) is 0 Å². The fraction of sp³-hybridized carbons (Fsp3) is 0.609. The molecule has 140 valence electrons. The van der Waals surface area contributed by atoms with Crippen molar-refractivity contribution in [1.82, 2.24) is 5.32 Å². The minimum Gasteiger partial charge on any atom is -0.344 e. The molecule has 1 aliphatic carbocycles. The molecule has 0 aromatic carbocycles. The Balaban J connectivity index is 3.15. The second-order valence-corrected chi connectivity index (χ2v) is 8.45. The van der Waals surface area contributed by atoms with E-state index in [1.54, 1.807) is 0 Å². The molecule has 0 aromatic rings. The molecule has 1 rings (SSSR count). The van der Waals surface area contributed by atoms with Crippen LogP contribution in [0, 0.1) is 11.3 Å². The maximum Gasteiger partial charge on any atom is 0.0979 e. The molecule has 0 amide bonds. The van der Waals surface area contributed by atoms with Crippen LogP contribution >= 0.6 is 0 Å². The Hall–Kier alpha value is -1.57. The zero-order valence-corrected chi connectivity index (χ0v) is 17.5. The van der Waals surface area contributed by atoms with Crippen molar-refractivity contribution in [2.45, 2.75) is 80.2 Å². The van der Waals surface area contributed by atoms with Crippen molar-refractivity contribution in [3.63, 3.8) is 0 Å². The summed E-state index contributed by atoms with van der Waals surface area (Å²) in [5.41, 5.74) is 4.39. The van der Waals surface area contributed by atoms with Gasteiger partial charge in [0.1, 0.15) is 0 Å². The van der Waals surface area contributed by atoms with E-state index < -0.39 is 0 Å². The SMILES string of the molecule is C=C/C(=C(\NC(C)=NC1CCC(C)CC1)C(=C)/C(C)=C\C)C(C)(C)C. The number of nitrogens with one attached hydrogen (secondary N) is 1. The molecule has 1 saturated carbocycles. The van der Waals surface area contributed by atoms with Gasteiger partial charge in [0.15, 0.2) is 0 Å². The van der Waals surface area contributed by atoms with Crippen molar-refractivity contribution < 1.29 is 0 Å². The summed E-state index contributed by atoms with van der Waals surface area (Å²) in [4.78, 5) is 4.95. The van der Waals surface area contributed by atoms with Crippen molar-refractivity contribution >= 4 is 5.84 Å². The molecular weight excluding hydrogens is 304 g/mol. The Kier molecular flexibility index (Phi) is 7.92. The smallest absolute Gasteiger partial charge is 0.0979 e. The second kappa shape index (κ2) is 9.22. The van der Waals surface area contributed by atoms with E-state index in [0.717, 1.165) is 23.0 Å². The topological polar surface area (TPSA) is 24.4 Å². The molecule has 0 spiro atoms. The first-order chi connectivity index (χ1) is 11.6. The molecule has 1 aliphatic rings. The first-order valence-corrected chi connectivity index (χ1v) is 9.61. The van der Waals surface area contributed by atoms with Gasteiger partial charge >= 0.3 is 0 Å². The fourth-order valence-electron chi connectivity index (χ4n) is 3.32. The van der Waals surface area contributed by atoms with Gasteiger partial charge in [0.2, 0.25) is 0 Å². The van der Waals surface area contributed by atoms with Crippen LogP contribution in [-0.4, -0.2) is 11.9 Å². The highest BCUT2D eigenvalue weighted by Crippen LogP contribution is 2.32. The predicted octanol–water partition coefficient (Wildman–Crippen LogP) is 6.58. The number of nitrogens with zero attached hydrogens (tertiary/aromatic N) is 1. The maximum absolute atomic E-state index is 4.95. The highest BCUT2D eigenvalue weighted by molar-refractivity contribution is 5.83. The van der Waals surface area contributed by atoms with Crippen LogP contribution in [0.3, 0.4) is 0 Å². The molecule has 0 saturated heterocycles. The Bertz CT molecular complexity index is 574. The number of rotatable bonds is 5. The first kappa shape index (κ1) is 21.5. The van der Waals surface area contributed by atoms with Gasteiger partial charge in [-0.25, -0.2) is 0 Å². The van der Waals surface area contributed by atoms with E-state index in [-0.39, 0.29) is 5.41 Å². The van der Waals surface area contributed by atoms with E-state index in [2.05, 4.69) is 66.1 Å². The van der Waals surface area contributed by atoms with Gasteiger partial charge in [-0.05, 0) is 74.5 Å². The Labute approximate surface area is 155 Å². The molecule has 0 bridgehead atoms. The van der Waals surface area contributed by atoms with E-state index >= 15 is 0 Å². The van der Waals surface area contributed by atoms with Crippen LogP contribution in [0.25, 0.3) is 0 Å². The number of amidine groups is 1. The van der Waals surface area contributed by atoms with Crippen molar-refractivity contribution in [2.24, 2.45) is 16.3 Å². The second-order valence-electron chi connectivity index (χ2n) is 8.45. The summed E-state index contributed by atoms with van der Waals surface area (Å²) in [6, 6.07) is 0.447. The van der Waals surface area contributed by atoms with E-state index in [0.29, 0.717) is 6.04 Å². The molecule has 25 heavy (non-hydrogen) atoms. The standard InChI is InChI=1S/C23H38N2/c1-10-17(4)18(5)22(21(11-2)23(7,8)9)25-19(6)24-20-14-12-16(3)13-15-20/h10-11,16,20H,2,5,12-15H2,1,3-4,6-9H3,(H,24,25)/b17-10-,22-21+. The van der Waals surface area contributed by atoms with Crippen LogP contribution in [0.15, 0.2) is 52.7 Å². The molecule has 0 aliphatic heterocycles. The van der Waals surface area contributed by atoms with Crippen LogP contribution < -0.4 is 5.32 Å². The minimum atomic E-state index is -0.0123. The first-order valence-electron chi connectivity index (χ1n) is 9.61. The van der Waals surface area contributed by atoms with Crippen LogP contribution in [0.2, 0.25) is 0 Å². The molecule has 0 radical (unpaired) electrons. The summed E-state index contributed by atoms with van der Waals surface area (Å²) in [7, 11) is 0. The monoisotopic (exact) mass is 342 g/mol.